The van der Waals surface area contributed by atoms with E-state index in [-0.39, 0.29) is 6.61 Å². The smallest absolute Gasteiger partial charge is 0.129 e. The van der Waals surface area contributed by atoms with Crippen LogP contribution in [0.4, 0.5) is 11.6 Å². The van der Waals surface area contributed by atoms with Crippen LogP contribution in [0.3, 0.4) is 0 Å². The summed E-state index contributed by atoms with van der Waals surface area (Å²) >= 11 is 3.37. The molecule has 2 N–H and O–H groups in total. The number of anilines is 2. The summed E-state index contributed by atoms with van der Waals surface area (Å²) in [5.74, 6) is 1.86. The largest absolute Gasteiger partial charge is 0.392 e. The van der Waals surface area contributed by atoms with E-state index < -0.39 is 0 Å². The summed E-state index contributed by atoms with van der Waals surface area (Å²) < 4.78 is 0.675. The van der Waals surface area contributed by atoms with Crippen LogP contribution in [-0.4, -0.2) is 28.2 Å². The number of aliphatic hydroxyl groups is 1. The molecule has 0 aliphatic carbocycles. The Morgan fingerprint density at radius 3 is 2.70 bits per heavy atom. The number of nitrogens with zero attached hydrogens (tertiary/aromatic N) is 3. The van der Waals surface area contributed by atoms with Crippen molar-refractivity contribution in [1.29, 1.82) is 0 Å². The van der Waals surface area contributed by atoms with E-state index in [1.165, 1.54) is 18.4 Å². The fourth-order valence-corrected chi connectivity index (χ4v) is 3.25. The monoisotopic (exact) mass is 376 g/mol. The molecular formula is C17H21BrN4O. The first-order valence-electron chi connectivity index (χ1n) is 7.88. The van der Waals surface area contributed by atoms with Crippen LogP contribution in [0.15, 0.2) is 28.9 Å². The van der Waals surface area contributed by atoms with Crippen molar-refractivity contribution in [2.45, 2.75) is 32.9 Å². The van der Waals surface area contributed by atoms with Gasteiger partial charge in [0.15, 0.2) is 0 Å². The predicted molar refractivity (Wildman–Crippen MR) is 95.6 cm³/mol. The highest BCUT2D eigenvalue weighted by Crippen LogP contribution is 2.21. The van der Waals surface area contributed by atoms with Crippen molar-refractivity contribution in [2.75, 3.05) is 23.3 Å². The van der Waals surface area contributed by atoms with Crippen LogP contribution in [0.2, 0.25) is 0 Å². The van der Waals surface area contributed by atoms with Crippen molar-refractivity contribution in [3.8, 4) is 0 Å². The van der Waals surface area contributed by atoms with Crippen molar-refractivity contribution in [1.82, 2.24) is 9.97 Å². The Hall–Kier alpha value is -1.66. The zero-order chi connectivity index (χ0) is 16.2. The molecule has 2 aromatic heterocycles. The van der Waals surface area contributed by atoms with E-state index in [0.29, 0.717) is 11.1 Å². The number of aliphatic hydroxyl groups excluding tert-OH is 1. The number of hydrogen-bond acceptors (Lipinski definition) is 5. The van der Waals surface area contributed by atoms with Gasteiger partial charge in [0.1, 0.15) is 16.2 Å². The first-order chi connectivity index (χ1) is 11.2. The van der Waals surface area contributed by atoms with E-state index in [4.69, 9.17) is 0 Å². The molecule has 0 spiro atoms. The Morgan fingerprint density at radius 2 is 2.00 bits per heavy atom. The van der Waals surface area contributed by atoms with Gasteiger partial charge in [0, 0.05) is 30.9 Å². The molecule has 0 amide bonds. The van der Waals surface area contributed by atoms with Crippen LogP contribution >= 0.6 is 15.9 Å². The van der Waals surface area contributed by atoms with E-state index in [9.17, 15) is 5.11 Å². The van der Waals surface area contributed by atoms with Gasteiger partial charge >= 0.3 is 0 Å². The zero-order valence-electron chi connectivity index (χ0n) is 13.2. The van der Waals surface area contributed by atoms with Crippen molar-refractivity contribution in [3.05, 3.63) is 45.7 Å². The normalized spacial score (nSPS) is 14.3. The van der Waals surface area contributed by atoms with E-state index in [2.05, 4.69) is 48.2 Å². The summed E-state index contributed by atoms with van der Waals surface area (Å²) in [7, 11) is 0. The minimum absolute atomic E-state index is 0.0173. The maximum atomic E-state index is 9.18. The summed E-state index contributed by atoms with van der Waals surface area (Å²) in [6, 6.07) is 8.00. The van der Waals surface area contributed by atoms with Crippen LogP contribution < -0.4 is 10.2 Å². The third kappa shape index (κ3) is 4.00. The second kappa shape index (κ2) is 7.27. The average Bonchev–Trinajstić information content (AvgIpc) is 3.07. The summed E-state index contributed by atoms with van der Waals surface area (Å²) in [6.45, 7) is 4.91. The van der Waals surface area contributed by atoms with Gasteiger partial charge in [-0.15, -0.1) is 0 Å². The standard InChI is InChI=1S/C17H21BrN4O/c1-12-8-13(9-16(20-12)22-6-2-3-7-22)10-19-15-5-4-14(11-23)17(18)21-15/h4-5,8-9,23H,2-3,6-7,10-11H2,1H3,(H,19,21). The Kier molecular flexibility index (Phi) is 5.13. The van der Waals surface area contributed by atoms with Crippen LogP contribution in [0.25, 0.3) is 0 Å². The minimum atomic E-state index is -0.0173. The zero-order valence-corrected chi connectivity index (χ0v) is 14.8. The first kappa shape index (κ1) is 16.2. The van der Waals surface area contributed by atoms with E-state index >= 15 is 0 Å². The first-order valence-corrected chi connectivity index (χ1v) is 8.67. The van der Waals surface area contributed by atoms with Gasteiger partial charge in [-0.1, -0.05) is 6.07 Å². The molecule has 122 valence electrons. The Balaban J connectivity index is 1.71. The maximum absolute atomic E-state index is 9.18. The fourth-order valence-electron chi connectivity index (χ4n) is 2.80. The van der Waals surface area contributed by atoms with Gasteiger partial charge in [-0.25, -0.2) is 9.97 Å². The minimum Gasteiger partial charge on any atom is -0.392 e. The van der Waals surface area contributed by atoms with Crippen molar-refractivity contribution in [3.63, 3.8) is 0 Å². The number of hydrogen-bond donors (Lipinski definition) is 2. The Bertz CT molecular complexity index is 686. The van der Waals surface area contributed by atoms with Crippen LogP contribution in [0, 0.1) is 6.92 Å². The van der Waals surface area contributed by atoms with Crippen molar-refractivity contribution < 1.29 is 5.11 Å². The molecule has 23 heavy (non-hydrogen) atoms. The molecule has 1 aliphatic rings. The van der Waals surface area contributed by atoms with Gasteiger partial charge in [-0.2, -0.15) is 0 Å². The van der Waals surface area contributed by atoms with Crippen molar-refractivity contribution in [2.24, 2.45) is 0 Å². The number of nitrogens with one attached hydrogen (secondary N) is 1. The lowest BCUT2D eigenvalue weighted by Crippen LogP contribution is -2.19. The fraction of sp³-hybridized carbons (Fsp3) is 0.412. The Labute approximate surface area is 144 Å². The molecule has 0 bridgehead atoms. The molecule has 3 rings (SSSR count). The lowest BCUT2D eigenvalue weighted by atomic mass is 10.2. The number of halogens is 1. The van der Waals surface area contributed by atoms with E-state index in [0.717, 1.165) is 36.0 Å². The second-order valence-corrected chi connectivity index (χ2v) is 6.58. The summed E-state index contributed by atoms with van der Waals surface area (Å²) in [5.41, 5.74) is 3.02. The van der Waals surface area contributed by atoms with Crippen LogP contribution in [-0.2, 0) is 13.2 Å². The highest BCUT2D eigenvalue weighted by Gasteiger charge is 2.14. The maximum Gasteiger partial charge on any atom is 0.129 e. The van der Waals surface area contributed by atoms with E-state index in [1.807, 2.05) is 19.1 Å². The highest BCUT2D eigenvalue weighted by atomic mass is 79.9. The van der Waals surface area contributed by atoms with Crippen LogP contribution in [0.1, 0.15) is 29.7 Å². The van der Waals surface area contributed by atoms with Gasteiger partial charge in [0.2, 0.25) is 0 Å². The Morgan fingerprint density at radius 1 is 1.22 bits per heavy atom. The highest BCUT2D eigenvalue weighted by molar-refractivity contribution is 9.10. The average molecular weight is 377 g/mol. The second-order valence-electron chi connectivity index (χ2n) is 5.83. The number of pyridine rings is 2. The van der Waals surface area contributed by atoms with Gasteiger partial charge in [-0.05, 0) is 59.5 Å². The summed E-state index contributed by atoms with van der Waals surface area (Å²) in [4.78, 5) is 11.4. The molecule has 1 fully saturated rings. The van der Waals surface area contributed by atoms with Crippen molar-refractivity contribution >= 4 is 27.6 Å². The number of aryl methyl sites for hydroxylation is 1. The number of rotatable bonds is 5. The molecule has 2 aromatic rings. The van der Waals surface area contributed by atoms with Gasteiger partial charge in [0.05, 0.1) is 6.61 Å². The molecule has 0 atom stereocenters. The third-order valence-corrected chi connectivity index (χ3v) is 4.69. The number of aromatic nitrogens is 2. The molecule has 0 unspecified atom stereocenters. The molecule has 5 nitrogen and oxygen atoms in total. The molecule has 3 heterocycles. The molecular weight excluding hydrogens is 356 g/mol. The van der Waals surface area contributed by atoms with Crippen LogP contribution in [0.5, 0.6) is 0 Å². The quantitative estimate of drug-likeness (QED) is 0.784. The third-order valence-electron chi connectivity index (χ3n) is 4.00. The molecule has 0 radical (unpaired) electrons. The van der Waals surface area contributed by atoms with Gasteiger partial charge in [-0.3, -0.25) is 0 Å². The molecule has 6 heteroatoms. The SMILES string of the molecule is Cc1cc(CNc2ccc(CO)c(Br)n2)cc(N2CCCC2)n1. The van der Waals surface area contributed by atoms with E-state index in [1.54, 1.807) is 0 Å². The molecule has 0 aromatic carbocycles. The molecule has 1 saturated heterocycles. The molecule has 0 saturated carbocycles. The lowest BCUT2D eigenvalue weighted by molar-refractivity contribution is 0.280. The van der Waals surface area contributed by atoms with Gasteiger partial charge < -0.3 is 15.3 Å². The summed E-state index contributed by atoms with van der Waals surface area (Å²) in [6.07, 6.45) is 2.50. The summed E-state index contributed by atoms with van der Waals surface area (Å²) in [5, 5.41) is 12.5. The lowest BCUT2D eigenvalue weighted by Gasteiger charge is -2.18. The molecule has 1 aliphatic heterocycles. The topological polar surface area (TPSA) is 61.3 Å². The predicted octanol–water partition coefficient (Wildman–Crippen LogP) is 3.25. The van der Waals surface area contributed by atoms with Gasteiger partial charge in [0.25, 0.3) is 0 Å².